The Morgan fingerprint density at radius 1 is 1.09 bits per heavy atom. The van der Waals surface area contributed by atoms with Gasteiger partial charge in [0.05, 0.1) is 6.61 Å². The summed E-state index contributed by atoms with van der Waals surface area (Å²) in [6.45, 7) is 7.11. The van der Waals surface area contributed by atoms with Crippen LogP contribution in [0.1, 0.15) is 43.5 Å². The lowest BCUT2D eigenvalue weighted by Gasteiger charge is -2.37. The van der Waals surface area contributed by atoms with Gasteiger partial charge in [-0.05, 0) is 57.5 Å². The quantitative estimate of drug-likeness (QED) is 0.508. The van der Waals surface area contributed by atoms with Crippen molar-refractivity contribution in [3.05, 3.63) is 54.1 Å². The number of amides is 1. The Bertz CT molecular complexity index is 826. The van der Waals surface area contributed by atoms with E-state index in [4.69, 9.17) is 14.2 Å². The van der Waals surface area contributed by atoms with E-state index in [0.717, 1.165) is 38.1 Å². The van der Waals surface area contributed by atoms with Crippen LogP contribution in [0.15, 0.2) is 48.5 Å². The molecule has 3 rings (SSSR count). The van der Waals surface area contributed by atoms with Gasteiger partial charge < -0.3 is 24.4 Å². The molecule has 1 fully saturated rings. The number of nitrogens with zero attached hydrogens (tertiary/aromatic N) is 1. The number of nitrogens with one attached hydrogen (secondary N) is 1. The van der Waals surface area contributed by atoms with Gasteiger partial charge in [0.15, 0.2) is 0 Å². The van der Waals surface area contributed by atoms with E-state index >= 15 is 0 Å². The van der Waals surface area contributed by atoms with Crippen LogP contribution in [0.25, 0.3) is 0 Å². The number of hydrogen-bond donors (Lipinski definition) is 1. The highest BCUT2D eigenvalue weighted by molar-refractivity contribution is 5.95. The van der Waals surface area contributed by atoms with Crippen molar-refractivity contribution in [1.82, 2.24) is 10.2 Å². The normalized spacial score (nSPS) is 15.7. The van der Waals surface area contributed by atoms with Crippen LogP contribution >= 0.6 is 12.4 Å². The highest BCUT2D eigenvalue weighted by Gasteiger charge is 2.29. The smallest absolute Gasteiger partial charge is 0.254 e. The fourth-order valence-corrected chi connectivity index (χ4v) is 3.90. The largest absolute Gasteiger partial charge is 0.493 e. The van der Waals surface area contributed by atoms with Crippen molar-refractivity contribution in [1.29, 1.82) is 0 Å². The number of halogens is 1. The van der Waals surface area contributed by atoms with Gasteiger partial charge in [0.25, 0.3) is 5.91 Å². The van der Waals surface area contributed by atoms with E-state index < -0.39 is 0 Å². The Morgan fingerprint density at radius 2 is 1.84 bits per heavy atom. The molecule has 1 heterocycles. The first-order valence-electron chi connectivity index (χ1n) is 11.1. The highest BCUT2D eigenvalue weighted by Crippen LogP contribution is 2.29. The lowest BCUT2D eigenvalue weighted by atomic mass is 10.0. The molecule has 7 heteroatoms. The highest BCUT2D eigenvalue weighted by atomic mass is 35.5. The van der Waals surface area contributed by atoms with Gasteiger partial charge in [0.1, 0.15) is 17.2 Å². The van der Waals surface area contributed by atoms with Crippen molar-refractivity contribution in [2.45, 2.75) is 45.2 Å². The molecule has 2 aromatic rings. The van der Waals surface area contributed by atoms with Crippen molar-refractivity contribution in [2.24, 2.45) is 0 Å². The minimum atomic E-state index is 0. The monoisotopic (exact) mass is 462 g/mol. The lowest BCUT2D eigenvalue weighted by Crippen LogP contribution is -2.51. The maximum atomic E-state index is 13.6. The molecule has 1 aliphatic heterocycles. The number of piperidine rings is 1. The van der Waals surface area contributed by atoms with E-state index in [0.29, 0.717) is 30.3 Å². The van der Waals surface area contributed by atoms with E-state index in [1.807, 2.05) is 53.4 Å². The average Bonchev–Trinajstić information content (AvgIpc) is 2.78. The molecular weight excluding hydrogens is 428 g/mol. The number of methoxy groups -OCH3 is 1. The summed E-state index contributed by atoms with van der Waals surface area (Å²) in [5.41, 5.74) is 0.578. The van der Waals surface area contributed by atoms with Crippen LogP contribution in [0, 0.1) is 0 Å². The van der Waals surface area contributed by atoms with Gasteiger partial charge in [0.2, 0.25) is 0 Å². The molecule has 1 N–H and O–H groups in total. The fourth-order valence-electron chi connectivity index (χ4n) is 3.90. The Kier molecular flexibility index (Phi) is 10.8. The van der Waals surface area contributed by atoms with Gasteiger partial charge in [-0.15, -0.1) is 12.4 Å². The van der Waals surface area contributed by atoms with Gasteiger partial charge in [-0.25, -0.2) is 0 Å². The minimum absolute atomic E-state index is 0. The molecule has 0 aliphatic carbocycles. The number of hydrogen-bond acceptors (Lipinski definition) is 5. The van der Waals surface area contributed by atoms with Gasteiger partial charge in [0, 0.05) is 50.4 Å². The van der Waals surface area contributed by atoms with Gasteiger partial charge in [-0.3, -0.25) is 4.79 Å². The summed E-state index contributed by atoms with van der Waals surface area (Å²) in [6, 6.07) is 15.3. The Balaban J connectivity index is 0.00000363. The van der Waals surface area contributed by atoms with Crippen LogP contribution in [0.3, 0.4) is 0 Å². The molecule has 6 nitrogen and oxygen atoms in total. The van der Waals surface area contributed by atoms with Crippen molar-refractivity contribution >= 4 is 18.3 Å². The van der Waals surface area contributed by atoms with Gasteiger partial charge in [-0.1, -0.05) is 18.2 Å². The second-order valence-corrected chi connectivity index (χ2v) is 8.11. The molecular formula is C25H35ClN2O4. The topological polar surface area (TPSA) is 60.0 Å². The third-order valence-electron chi connectivity index (χ3n) is 5.32. The van der Waals surface area contributed by atoms with Crippen molar-refractivity contribution in [2.75, 3.05) is 33.4 Å². The number of carbonyl (C=O) groups is 1. The summed E-state index contributed by atoms with van der Waals surface area (Å²) in [6.07, 6.45) is 2.86. The average molecular weight is 463 g/mol. The van der Waals surface area contributed by atoms with Crippen LogP contribution in [-0.4, -0.2) is 56.3 Å². The lowest BCUT2D eigenvalue weighted by molar-refractivity contribution is 0.0572. The third-order valence-corrected chi connectivity index (χ3v) is 5.32. The predicted octanol–water partition coefficient (Wildman–Crippen LogP) is 4.92. The molecule has 2 aromatic carbocycles. The number of rotatable bonds is 10. The van der Waals surface area contributed by atoms with Crippen molar-refractivity contribution < 1.29 is 19.0 Å². The summed E-state index contributed by atoms with van der Waals surface area (Å²) in [4.78, 5) is 15.6. The molecule has 0 saturated carbocycles. The first-order valence-corrected chi connectivity index (χ1v) is 11.1. The number of carbonyl (C=O) groups excluding carboxylic acids is 1. The van der Waals surface area contributed by atoms with Crippen LogP contribution in [-0.2, 0) is 4.74 Å². The first-order chi connectivity index (χ1) is 15.1. The predicted molar refractivity (Wildman–Crippen MR) is 129 cm³/mol. The molecule has 1 aliphatic rings. The van der Waals surface area contributed by atoms with E-state index in [2.05, 4.69) is 19.2 Å². The number of para-hydroxylation sites is 1. The van der Waals surface area contributed by atoms with Crippen LogP contribution in [0.2, 0.25) is 0 Å². The molecule has 176 valence electrons. The third kappa shape index (κ3) is 7.40. The molecule has 0 radical (unpaired) electrons. The van der Waals surface area contributed by atoms with Crippen LogP contribution < -0.4 is 14.8 Å². The zero-order valence-corrected chi connectivity index (χ0v) is 20.0. The Morgan fingerprint density at radius 3 is 2.50 bits per heavy atom. The molecule has 0 aromatic heterocycles. The number of ether oxygens (including phenoxy) is 3. The second kappa shape index (κ2) is 13.3. The Hall–Kier alpha value is -2.28. The van der Waals surface area contributed by atoms with Crippen molar-refractivity contribution in [3.8, 4) is 17.2 Å². The minimum Gasteiger partial charge on any atom is -0.493 e. The van der Waals surface area contributed by atoms with Crippen molar-refractivity contribution in [3.63, 3.8) is 0 Å². The van der Waals surface area contributed by atoms with Gasteiger partial charge >= 0.3 is 0 Å². The van der Waals surface area contributed by atoms with E-state index in [9.17, 15) is 4.79 Å². The molecule has 1 saturated heterocycles. The van der Waals surface area contributed by atoms with Crippen LogP contribution in [0.4, 0.5) is 0 Å². The maximum absolute atomic E-state index is 13.6. The molecule has 0 bridgehead atoms. The van der Waals surface area contributed by atoms with E-state index in [-0.39, 0.29) is 30.4 Å². The number of benzene rings is 2. The fraction of sp³-hybridized carbons (Fsp3) is 0.480. The molecule has 32 heavy (non-hydrogen) atoms. The maximum Gasteiger partial charge on any atom is 0.254 e. The summed E-state index contributed by atoms with van der Waals surface area (Å²) < 4.78 is 17.1. The molecule has 1 amide bonds. The zero-order chi connectivity index (χ0) is 22.1. The van der Waals surface area contributed by atoms with Gasteiger partial charge in [-0.2, -0.15) is 0 Å². The van der Waals surface area contributed by atoms with E-state index in [1.165, 1.54) is 0 Å². The Labute approximate surface area is 197 Å². The second-order valence-electron chi connectivity index (χ2n) is 8.11. The SMILES string of the molecule is COCCCOc1cc(Oc2ccccc2)cc(C(=O)N(C(C)C)[C@@H]2CCCNC2)c1.Cl. The van der Waals surface area contributed by atoms with Crippen LogP contribution in [0.5, 0.6) is 17.2 Å². The standard InChI is InChI=1S/C25H34N2O4.ClH/c1-19(2)27(21-9-7-12-26-18-21)25(28)20-15-23(30-14-8-13-29-3)17-24(16-20)31-22-10-5-4-6-11-22;/h4-6,10-11,15-17,19,21,26H,7-9,12-14,18H2,1-3H3;1H/t21-;/m1./s1. The summed E-state index contributed by atoms with van der Waals surface area (Å²) >= 11 is 0. The summed E-state index contributed by atoms with van der Waals surface area (Å²) in [5.74, 6) is 1.93. The molecule has 0 unspecified atom stereocenters. The molecule has 1 atom stereocenters. The van der Waals surface area contributed by atoms with E-state index in [1.54, 1.807) is 7.11 Å². The summed E-state index contributed by atoms with van der Waals surface area (Å²) in [5, 5.41) is 3.42. The molecule has 0 spiro atoms. The first kappa shape index (κ1) is 26.0. The summed E-state index contributed by atoms with van der Waals surface area (Å²) in [7, 11) is 1.67. The zero-order valence-electron chi connectivity index (χ0n) is 19.2.